The number of ether oxygens (including phenoxy) is 1. The van der Waals surface area contributed by atoms with Gasteiger partial charge in [0.15, 0.2) is 0 Å². The van der Waals surface area contributed by atoms with Crippen molar-refractivity contribution in [2.45, 2.75) is 38.8 Å². The average molecular weight is 409 g/mol. The van der Waals surface area contributed by atoms with Crippen LogP contribution in [0.3, 0.4) is 0 Å². The Morgan fingerprint density at radius 2 is 1.73 bits per heavy atom. The van der Waals surface area contributed by atoms with E-state index < -0.39 is 4.92 Å². The molecule has 4 rings (SSSR count). The number of nitrogens with zero attached hydrogens (tertiary/aromatic N) is 3. The molecular weight excluding hydrogens is 382 g/mol. The highest BCUT2D eigenvalue weighted by Crippen LogP contribution is 2.28. The first-order valence-corrected chi connectivity index (χ1v) is 10.6. The van der Waals surface area contributed by atoms with Gasteiger partial charge in [-0.2, -0.15) is 0 Å². The fraction of sp³-hybridized carbons (Fsp3) is 0.435. The molecule has 7 heteroatoms. The van der Waals surface area contributed by atoms with Crippen molar-refractivity contribution in [2.75, 3.05) is 26.2 Å². The maximum atomic E-state index is 12.8. The van der Waals surface area contributed by atoms with Crippen molar-refractivity contribution in [3.05, 3.63) is 69.3 Å². The van der Waals surface area contributed by atoms with Crippen LogP contribution in [-0.2, 0) is 13.1 Å². The molecule has 2 aromatic rings. The van der Waals surface area contributed by atoms with Gasteiger partial charge in [0.05, 0.1) is 11.5 Å². The fourth-order valence-corrected chi connectivity index (χ4v) is 4.18. The van der Waals surface area contributed by atoms with Gasteiger partial charge in [-0.3, -0.25) is 14.9 Å². The van der Waals surface area contributed by atoms with E-state index in [1.807, 2.05) is 12.1 Å². The van der Waals surface area contributed by atoms with Crippen LogP contribution in [0.25, 0.3) is 0 Å². The van der Waals surface area contributed by atoms with Crippen LogP contribution in [0.5, 0.6) is 5.75 Å². The Balaban J connectivity index is 1.27. The number of hydrogen-bond acceptors (Lipinski definition) is 5. The molecule has 2 heterocycles. The average Bonchev–Trinajstić information content (AvgIpc) is 3.21. The molecule has 0 atom stereocenters. The molecule has 30 heavy (non-hydrogen) atoms. The van der Waals surface area contributed by atoms with Crippen LogP contribution in [0.2, 0.25) is 0 Å². The van der Waals surface area contributed by atoms with Crippen molar-refractivity contribution in [2.24, 2.45) is 0 Å². The summed E-state index contributed by atoms with van der Waals surface area (Å²) in [4.78, 5) is 27.6. The number of fused-ring (bicyclic) bond motifs is 1. The van der Waals surface area contributed by atoms with E-state index >= 15 is 0 Å². The minimum absolute atomic E-state index is 0.0600. The first-order valence-electron chi connectivity index (χ1n) is 10.6. The van der Waals surface area contributed by atoms with E-state index in [-0.39, 0.29) is 11.6 Å². The number of carbonyl (C=O) groups excluding carboxylic acids is 1. The number of piperidine rings is 1. The van der Waals surface area contributed by atoms with Crippen molar-refractivity contribution in [3.8, 4) is 5.75 Å². The number of benzene rings is 2. The van der Waals surface area contributed by atoms with Crippen LogP contribution >= 0.6 is 0 Å². The lowest BCUT2D eigenvalue weighted by Crippen LogP contribution is -2.31. The summed E-state index contributed by atoms with van der Waals surface area (Å²) in [5.41, 5.74) is 2.46. The van der Waals surface area contributed by atoms with Crippen LogP contribution < -0.4 is 4.74 Å². The van der Waals surface area contributed by atoms with Gasteiger partial charge in [-0.15, -0.1) is 0 Å². The van der Waals surface area contributed by atoms with Gasteiger partial charge < -0.3 is 14.5 Å². The third kappa shape index (κ3) is 4.79. The molecule has 0 aliphatic carbocycles. The summed E-state index contributed by atoms with van der Waals surface area (Å²) in [7, 11) is 0. The Labute approximate surface area is 176 Å². The highest BCUT2D eigenvalue weighted by atomic mass is 16.6. The Kier molecular flexibility index (Phi) is 6.28. The predicted molar refractivity (Wildman–Crippen MR) is 114 cm³/mol. The molecule has 1 fully saturated rings. The molecule has 158 valence electrons. The molecule has 0 spiro atoms. The lowest BCUT2D eigenvalue weighted by Gasteiger charge is -2.26. The van der Waals surface area contributed by atoms with E-state index in [4.69, 9.17) is 4.74 Å². The van der Waals surface area contributed by atoms with Gasteiger partial charge in [0.1, 0.15) is 5.75 Å². The first kappa shape index (κ1) is 20.3. The van der Waals surface area contributed by atoms with Crippen LogP contribution in [0.4, 0.5) is 5.69 Å². The zero-order valence-electron chi connectivity index (χ0n) is 17.1. The fourth-order valence-electron chi connectivity index (χ4n) is 4.18. The lowest BCUT2D eigenvalue weighted by atomic mass is 10.1. The molecule has 0 bridgehead atoms. The lowest BCUT2D eigenvalue weighted by molar-refractivity contribution is -0.384. The molecule has 2 aromatic carbocycles. The number of nitro benzene ring substituents is 1. The zero-order valence-corrected chi connectivity index (χ0v) is 17.1. The van der Waals surface area contributed by atoms with Crippen molar-refractivity contribution in [3.63, 3.8) is 0 Å². The van der Waals surface area contributed by atoms with Crippen LogP contribution in [0.1, 0.15) is 47.2 Å². The third-order valence-corrected chi connectivity index (χ3v) is 5.85. The Hall–Kier alpha value is -2.93. The Morgan fingerprint density at radius 1 is 1.00 bits per heavy atom. The van der Waals surface area contributed by atoms with Gasteiger partial charge in [-0.1, -0.05) is 12.5 Å². The first-order chi connectivity index (χ1) is 14.6. The molecule has 0 aromatic heterocycles. The van der Waals surface area contributed by atoms with Gasteiger partial charge in [0.2, 0.25) is 0 Å². The highest BCUT2D eigenvalue weighted by Gasteiger charge is 2.26. The van der Waals surface area contributed by atoms with Crippen molar-refractivity contribution in [1.29, 1.82) is 0 Å². The van der Waals surface area contributed by atoms with E-state index in [0.29, 0.717) is 25.3 Å². The van der Waals surface area contributed by atoms with E-state index in [9.17, 15) is 14.9 Å². The molecule has 0 saturated carbocycles. The standard InChI is InChI=1S/C23H27N3O4/c27-23(25-16-19-5-8-21(26(28)29)15-20(19)17-25)18-6-9-22(10-7-18)30-14-4-13-24-11-2-1-3-12-24/h5-10,15H,1-4,11-14,16-17H2. The second-order valence-electron chi connectivity index (χ2n) is 8.00. The second-order valence-corrected chi connectivity index (χ2v) is 8.00. The number of rotatable bonds is 7. The molecular formula is C23H27N3O4. The van der Waals surface area contributed by atoms with Crippen molar-refractivity contribution >= 4 is 11.6 Å². The quantitative estimate of drug-likeness (QED) is 0.392. The summed E-state index contributed by atoms with van der Waals surface area (Å²) in [6.45, 7) is 5.01. The monoisotopic (exact) mass is 409 g/mol. The second kappa shape index (κ2) is 9.26. The topological polar surface area (TPSA) is 75.9 Å². The maximum absolute atomic E-state index is 12.8. The predicted octanol–water partition coefficient (Wildman–Crippen LogP) is 4.01. The van der Waals surface area contributed by atoms with Gasteiger partial charge >= 0.3 is 0 Å². The summed E-state index contributed by atoms with van der Waals surface area (Å²) < 4.78 is 5.83. The van der Waals surface area contributed by atoms with E-state index in [2.05, 4.69) is 4.90 Å². The van der Waals surface area contributed by atoms with Crippen molar-refractivity contribution < 1.29 is 14.5 Å². The minimum atomic E-state index is -0.407. The molecule has 0 radical (unpaired) electrons. The summed E-state index contributed by atoms with van der Waals surface area (Å²) in [5, 5.41) is 11.0. The molecule has 2 aliphatic heterocycles. The minimum Gasteiger partial charge on any atom is -0.494 e. The number of nitro groups is 1. The normalized spacial score (nSPS) is 16.3. The summed E-state index contributed by atoms with van der Waals surface area (Å²) in [6.07, 6.45) is 4.95. The van der Waals surface area contributed by atoms with Gasteiger partial charge in [-0.05, 0) is 67.7 Å². The molecule has 7 nitrogen and oxygen atoms in total. The largest absolute Gasteiger partial charge is 0.494 e. The number of non-ortho nitro benzene ring substituents is 1. The third-order valence-electron chi connectivity index (χ3n) is 5.85. The van der Waals surface area contributed by atoms with Crippen LogP contribution in [0.15, 0.2) is 42.5 Å². The summed E-state index contributed by atoms with van der Waals surface area (Å²) in [5.74, 6) is 0.691. The molecule has 1 saturated heterocycles. The van der Waals surface area contributed by atoms with Gasteiger partial charge in [0.25, 0.3) is 11.6 Å². The SMILES string of the molecule is O=C(c1ccc(OCCCN2CCCCC2)cc1)N1Cc2ccc([N+](=O)[O-])cc2C1. The van der Waals surface area contributed by atoms with E-state index in [0.717, 1.165) is 29.8 Å². The van der Waals surface area contributed by atoms with Crippen LogP contribution in [0, 0.1) is 10.1 Å². The molecule has 1 amide bonds. The smallest absolute Gasteiger partial charge is 0.269 e. The number of likely N-dealkylation sites (tertiary alicyclic amines) is 1. The maximum Gasteiger partial charge on any atom is 0.269 e. The van der Waals surface area contributed by atoms with Crippen LogP contribution in [-0.4, -0.2) is 46.9 Å². The molecule has 2 aliphatic rings. The Morgan fingerprint density at radius 3 is 2.47 bits per heavy atom. The number of carbonyl (C=O) groups is 1. The summed E-state index contributed by atoms with van der Waals surface area (Å²) in [6, 6.07) is 12.0. The number of amides is 1. The van der Waals surface area contributed by atoms with Gasteiger partial charge in [-0.25, -0.2) is 0 Å². The molecule has 0 N–H and O–H groups in total. The zero-order chi connectivity index (χ0) is 20.9. The Bertz CT molecular complexity index is 907. The highest BCUT2D eigenvalue weighted by molar-refractivity contribution is 5.94. The van der Waals surface area contributed by atoms with E-state index in [1.54, 1.807) is 29.2 Å². The van der Waals surface area contributed by atoms with Gasteiger partial charge in [0, 0.05) is 37.3 Å². The summed E-state index contributed by atoms with van der Waals surface area (Å²) >= 11 is 0. The number of hydrogen-bond donors (Lipinski definition) is 0. The van der Waals surface area contributed by atoms with Crippen molar-refractivity contribution in [1.82, 2.24) is 9.80 Å². The molecule has 0 unspecified atom stereocenters. The van der Waals surface area contributed by atoms with E-state index in [1.165, 1.54) is 38.4 Å².